The lowest BCUT2D eigenvalue weighted by molar-refractivity contribution is -0.149. The number of ether oxygens (including phenoxy) is 3. The number of rotatable bonds is 15. The van der Waals surface area contributed by atoms with Gasteiger partial charge in [-0.3, -0.25) is 0 Å². The Balaban J connectivity index is 1.79. The molecular weight excluding hydrogens is 443 g/mol. The number of carbonyl (C=O) groups is 2. The summed E-state index contributed by atoms with van der Waals surface area (Å²) in [5.41, 5.74) is 1.68. The zero-order valence-electron chi connectivity index (χ0n) is 19.7. The molecule has 0 heterocycles. The van der Waals surface area contributed by atoms with Crippen LogP contribution < -0.4 is 10.1 Å². The molecule has 0 aliphatic heterocycles. The number of carboxylic acid groups (broad SMARTS) is 1. The van der Waals surface area contributed by atoms with Crippen LogP contribution in [0.3, 0.4) is 0 Å². The summed E-state index contributed by atoms with van der Waals surface area (Å²) in [4.78, 5) is 25.2. The summed E-state index contributed by atoms with van der Waals surface area (Å²) in [6, 6.07) is 13.0. The smallest absolute Gasteiger partial charge is 0.333 e. The van der Waals surface area contributed by atoms with Gasteiger partial charge in [0.25, 0.3) is 0 Å². The first-order valence-electron chi connectivity index (χ1n) is 11.3. The number of amides is 2. The molecule has 1 unspecified atom stereocenters. The fourth-order valence-corrected chi connectivity index (χ4v) is 3.15. The Morgan fingerprint density at radius 2 is 1.65 bits per heavy atom. The van der Waals surface area contributed by atoms with E-state index in [2.05, 4.69) is 5.32 Å². The summed E-state index contributed by atoms with van der Waals surface area (Å²) in [5, 5.41) is 12.0. The number of benzene rings is 2. The molecule has 0 saturated carbocycles. The minimum atomic E-state index is -0.991. The third-order valence-electron chi connectivity index (χ3n) is 4.92. The van der Waals surface area contributed by atoms with Gasteiger partial charge in [-0.05, 0) is 49.2 Å². The van der Waals surface area contributed by atoms with Gasteiger partial charge in [-0.25, -0.2) is 14.0 Å². The van der Waals surface area contributed by atoms with Crippen molar-refractivity contribution in [2.45, 2.75) is 33.0 Å². The number of urea groups is 1. The summed E-state index contributed by atoms with van der Waals surface area (Å²) in [6.45, 7) is 6.12. The monoisotopic (exact) mass is 476 g/mol. The largest absolute Gasteiger partial charge is 0.492 e. The summed E-state index contributed by atoms with van der Waals surface area (Å²) < 4.78 is 29.6. The number of nitrogens with one attached hydrogen (secondary N) is 1. The first-order chi connectivity index (χ1) is 16.4. The molecule has 1 atom stereocenters. The SMILES string of the molecule is CCNC(=O)N(CCOCc1ccc(F)cc1)CCOc1ccc(CC(OCC)C(=O)O)cc1. The molecule has 2 amide bonds. The average Bonchev–Trinajstić information content (AvgIpc) is 2.82. The van der Waals surface area contributed by atoms with Crippen LogP contribution in [0.25, 0.3) is 0 Å². The van der Waals surface area contributed by atoms with Gasteiger partial charge >= 0.3 is 12.0 Å². The van der Waals surface area contributed by atoms with E-state index in [0.717, 1.165) is 11.1 Å². The lowest BCUT2D eigenvalue weighted by Gasteiger charge is -2.23. The number of hydrogen-bond acceptors (Lipinski definition) is 5. The number of aliphatic carboxylic acids is 1. The van der Waals surface area contributed by atoms with E-state index in [-0.39, 0.29) is 24.9 Å². The van der Waals surface area contributed by atoms with Gasteiger partial charge in [0.2, 0.25) is 0 Å². The van der Waals surface area contributed by atoms with Crippen LogP contribution in [0.15, 0.2) is 48.5 Å². The van der Waals surface area contributed by atoms with Crippen LogP contribution in [-0.4, -0.2) is 67.6 Å². The number of carboxylic acids is 1. The highest BCUT2D eigenvalue weighted by atomic mass is 19.1. The molecule has 0 spiro atoms. The number of carbonyl (C=O) groups excluding carboxylic acids is 1. The second-order valence-corrected chi connectivity index (χ2v) is 7.48. The van der Waals surface area contributed by atoms with Gasteiger partial charge in [0, 0.05) is 26.1 Å². The van der Waals surface area contributed by atoms with E-state index in [1.54, 1.807) is 48.2 Å². The topological polar surface area (TPSA) is 97.3 Å². The van der Waals surface area contributed by atoms with Crippen LogP contribution in [0.5, 0.6) is 5.75 Å². The molecule has 186 valence electrons. The highest BCUT2D eigenvalue weighted by Gasteiger charge is 2.18. The predicted octanol–water partition coefficient (Wildman–Crippen LogP) is 3.49. The zero-order chi connectivity index (χ0) is 24.8. The molecule has 8 nitrogen and oxygen atoms in total. The Bertz CT molecular complexity index is 876. The van der Waals surface area contributed by atoms with Crippen molar-refractivity contribution in [1.29, 1.82) is 0 Å². The van der Waals surface area contributed by atoms with Crippen LogP contribution in [0.1, 0.15) is 25.0 Å². The Hall–Kier alpha value is -3.17. The quantitative estimate of drug-likeness (QED) is 0.382. The van der Waals surface area contributed by atoms with Crippen molar-refractivity contribution in [2.75, 3.05) is 39.5 Å². The van der Waals surface area contributed by atoms with Crippen molar-refractivity contribution in [3.05, 3.63) is 65.5 Å². The van der Waals surface area contributed by atoms with Crippen molar-refractivity contribution < 1.29 is 33.3 Å². The Kier molecular flexibility index (Phi) is 11.8. The van der Waals surface area contributed by atoms with E-state index in [1.807, 2.05) is 6.92 Å². The second-order valence-electron chi connectivity index (χ2n) is 7.48. The minimum Gasteiger partial charge on any atom is -0.492 e. The number of nitrogens with zero attached hydrogens (tertiary/aromatic N) is 1. The van der Waals surface area contributed by atoms with Crippen LogP contribution in [0, 0.1) is 5.82 Å². The fraction of sp³-hybridized carbons (Fsp3) is 0.440. The summed E-state index contributed by atoms with van der Waals surface area (Å²) in [7, 11) is 0. The molecule has 0 aliphatic rings. The number of halogens is 1. The molecule has 2 rings (SSSR count). The Morgan fingerprint density at radius 1 is 1.00 bits per heavy atom. The molecule has 2 aromatic carbocycles. The van der Waals surface area contributed by atoms with E-state index in [9.17, 15) is 19.1 Å². The Labute approximate surface area is 199 Å². The van der Waals surface area contributed by atoms with E-state index >= 15 is 0 Å². The van der Waals surface area contributed by atoms with E-state index in [4.69, 9.17) is 14.2 Å². The van der Waals surface area contributed by atoms with E-state index < -0.39 is 12.1 Å². The summed E-state index contributed by atoms with van der Waals surface area (Å²) >= 11 is 0. The maximum Gasteiger partial charge on any atom is 0.333 e. The van der Waals surface area contributed by atoms with Gasteiger partial charge in [-0.15, -0.1) is 0 Å². The van der Waals surface area contributed by atoms with Crippen LogP contribution in [-0.2, 0) is 27.3 Å². The molecule has 0 fully saturated rings. The highest BCUT2D eigenvalue weighted by Crippen LogP contribution is 2.15. The van der Waals surface area contributed by atoms with Crippen LogP contribution in [0.2, 0.25) is 0 Å². The average molecular weight is 477 g/mol. The van der Waals surface area contributed by atoms with Gasteiger partial charge in [-0.2, -0.15) is 0 Å². The van der Waals surface area contributed by atoms with Crippen LogP contribution in [0.4, 0.5) is 9.18 Å². The van der Waals surface area contributed by atoms with Crippen LogP contribution >= 0.6 is 0 Å². The lowest BCUT2D eigenvalue weighted by atomic mass is 10.1. The Morgan fingerprint density at radius 3 is 2.26 bits per heavy atom. The van der Waals surface area contributed by atoms with Gasteiger partial charge in [0.15, 0.2) is 6.10 Å². The van der Waals surface area contributed by atoms with Gasteiger partial charge in [0.05, 0.1) is 19.8 Å². The molecule has 0 bridgehead atoms. The molecule has 2 aromatic rings. The number of hydrogen-bond donors (Lipinski definition) is 2. The summed E-state index contributed by atoms with van der Waals surface area (Å²) in [5.74, 6) is -0.666. The minimum absolute atomic E-state index is 0.206. The first-order valence-corrected chi connectivity index (χ1v) is 11.3. The fourth-order valence-electron chi connectivity index (χ4n) is 3.15. The van der Waals surface area contributed by atoms with Gasteiger partial charge < -0.3 is 29.5 Å². The molecule has 0 saturated heterocycles. The van der Waals surface area contributed by atoms with E-state index in [0.29, 0.717) is 45.2 Å². The maximum atomic E-state index is 13.0. The van der Waals surface area contributed by atoms with E-state index in [1.165, 1.54) is 12.1 Å². The second kappa shape index (κ2) is 14.9. The molecule has 2 N–H and O–H groups in total. The third kappa shape index (κ3) is 9.76. The summed E-state index contributed by atoms with van der Waals surface area (Å²) in [6.07, 6.45) is -0.612. The lowest BCUT2D eigenvalue weighted by Crippen LogP contribution is -2.43. The standard InChI is InChI=1S/C25H33FN2O6/c1-3-27-25(31)28(13-15-32-18-20-5-9-21(26)10-6-20)14-16-34-22-11-7-19(8-12-22)17-23(24(29)30)33-4-2/h5-12,23H,3-4,13-18H2,1-2H3,(H,27,31)(H,29,30). The van der Waals surface area contributed by atoms with Crippen molar-refractivity contribution >= 4 is 12.0 Å². The molecule has 0 radical (unpaired) electrons. The van der Waals surface area contributed by atoms with Gasteiger partial charge in [-0.1, -0.05) is 24.3 Å². The van der Waals surface area contributed by atoms with Crippen molar-refractivity contribution in [2.24, 2.45) is 0 Å². The maximum absolute atomic E-state index is 13.0. The third-order valence-corrected chi connectivity index (χ3v) is 4.92. The van der Waals surface area contributed by atoms with Crippen molar-refractivity contribution in [3.63, 3.8) is 0 Å². The first kappa shape index (κ1) is 27.1. The highest BCUT2D eigenvalue weighted by molar-refractivity contribution is 5.74. The van der Waals surface area contributed by atoms with Crippen molar-refractivity contribution in [1.82, 2.24) is 10.2 Å². The molecular formula is C25H33FN2O6. The van der Waals surface area contributed by atoms with Gasteiger partial charge in [0.1, 0.15) is 18.2 Å². The molecule has 34 heavy (non-hydrogen) atoms. The molecule has 0 aromatic heterocycles. The normalized spacial score (nSPS) is 11.6. The predicted molar refractivity (Wildman–Crippen MR) is 125 cm³/mol. The molecule has 0 aliphatic carbocycles. The zero-order valence-corrected chi connectivity index (χ0v) is 19.7. The van der Waals surface area contributed by atoms with Crippen molar-refractivity contribution in [3.8, 4) is 5.75 Å². The molecule has 9 heteroatoms.